The number of hydrogen-bond acceptors (Lipinski definition) is 2. The van der Waals surface area contributed by atoms with Crippen LogP contribution in [0.5, 0.6) is 0 Å². The van der Waals surface area contributed by atoms with Crippen molar-refractivity contribution in [2.75, 3.05) is 11.4 Å². The van der Waals surface area contributed by atoms with Crippen molar-refractivity contribution in [3.05, 3.63) is 66.1 Å². The lowest BCUT2D eigenvalue weighted by Crippen LogP contribution is -2.33. The maximum atomic E-state index is 12.9. The summed E-state index contributed by atoms with van der Waals surface area (Å²) >= 11 is 0. The van der Waals surface area contributed by atoms with Gasteiger partial charge in [0.05, 0.1) is 12.1 Å². The third-order valence-corrected chi connectivity index (χ3v) is 4.16. The molecule has 3 rings (SSSR count). The third kappa shape index (κ3) is 3.48. The van der Waals surface area contributed by atoms with Gasteiger partial charge in [0.25, 0.3) is 0 Å². The van der Waals surface area contributed by atoms with E-state index in [1.807, 2.05) is 71.1 Å². The largest absolute Gasteiger partial charge is 0.312 e. The van der Waals surface area contributed by atoms with Crippen LogP contribution in [0.3, 0.4) is 0 Å². The molecule has 24 heavy (non-hydrogen) atoms. The molecule has 0 saturated heterocycles. The summed E-state index contributed by atoms with van der Waals surface area (Å²) < 4.78 is 1.98. The van der Waals surface area contributed by atoms with E-state index in [-0.39, 0.29) is 5.91 Å². The number of carbonyl (C=O) groups excluding carboxylic acids is 1. The summed E-state index contributed by atoms with van der Waals surface area (Å²) in [5.41, 5.74) is 3.80. The molecule has 0 bridgehead atoms. The van der Waals surface area contributed by atoms with E-state index in [0.717, 1.165) is 42.0 Å². The minimum atomic E-state index is 0.0932. The van der Waals surface area contributed by atoms with E-state index in [0.29, 0.717) is 6.42 Å². The molecule has 0 aliphatic heterocycles. The van der Waals surface area contributed by atoms with Crippen LogP contribution < -0.4 is 4.90 Å². The molecule has 3 aromatic rings. The number of aromatic nitrogens is 2. The summed E-state index contributed by atoms with van der Waals surface area (Å²) in [4.78, 5) is 19.4. The number of pyridine rings is 1. The van der Waals surface area contributed by atoms with E-state index < -0.39 is 0 Å². The summed E-state index contributed by atoms with van der Waals surface area (Å²) in [7, 11) is 0. The molecule has 4 heteroatoms. The quantitative estimate of drug-likeness (QED) is 0.688. The Labute approximate surface area is 142 Å². The molecule has 0 radical (unpaired) electrons. The molecule has 2 heterocycles. The van der Waals surface area contributed by atoms with Gasteiger partial charge in [-0.25, -0.2) is 4.98 Å². The Bertz CT molecular complexity index is 823. The Morgan fingerprint density at radius 2 is 1.96 bits per heavy atom. The van der Waals surface area contributed by atoms with Gasteiger partial charge in [-0.05, 0) is 37.1 Å². The van der Waals surface area contributed by atoms with Gasteiger partial charge in [0.15, 0.2) is 0 Å². The first kappa shape index (κ1) is 16.2. The Morgan fingerprint density at radius 1 is 1.17 bits per heavy atom. The van der Waals surface area contributed by atoms with Gasteiger partial charge in [-0.3, -0.25) is 4.79 Å². The highest BCUT2D eigenvalue weighted by Gasteiger charge is 2.17. The maximum Gasteiger partial charge on any atom is 0.233 e. The van der Waals surface area contributed by atoms with Crippen molar-refractivity contribution in [2.24, 2.45) is 0 Å². The molecule has 0 unspecified atom stereocenters. The average molecular weight is 321 g/mol. The van der Waals surface area contributed by atoms with Crippen molar-refractivity contribution >= 4 is 17.2 Å². The molecule has 124 valence electrons. The molecular formula is C20H23N3O. The van der Waals surface area contributed by atoms with Crippen LogP contribution in [-0.4, -0.2) is 21.8 Å². The Hall–Kier alpha value is -2.62. The number of fused-ring (bicyclic) bond motifs is 1. The molecule has 1 aromatic carbocycles. The lowest BCUT2D eigenvalue weighted by atomic mass is 10.2. The zero-order chi connectivity index (χ0) is 16.9. The fourth-order valence-electron chi connectivity index (χ4n) is 2.86. The number of aryl methyl sites for hydroxylation is 1. The van der Waals surface area contributed by atoms with Crippen LogP contribution in [-0.2, 0) is 11.2 Å². The highest BCUT2D eigenvalue weighted by molar-refractivity contribution is 5.94. The van der Waals surface area contributed by atoms with E-state index in [9.17, 15) is 4.79 Å². The number of hydrogen-bond donors (Lipinski definition) is 0. The van der Waals surface area contributed by atoms with Crippen LogP contribution in [0.15, 0.2) is 54.9 Å². The van der Waals surface area contributed by atoms with Gasteiger partial charge < -0.3 is 9.30 Å². The van der Waals surface area contributed by atoms with Crippen LogP contribution in [0, 0.1) is 6.92 Å². The predicted molar refractivity (Wildman–Crippen MR) is 97.3 cm³/mol. The number of imidazole rings is 1. The number of anilines is 1. The second-order valence-corrected chi connectivity index (χ2v) is 6.07. The molecular weight excluding hydrogens is 298 g/mol. The summed E-state index contributed by atoms with van der Waals surface area (Å²) in [6, 6.07) is 13.9. The number of rotatable bonds is 6. The van der Waals surface area contributed by atoms with Gasteiger partial charge in [0.1, 0.15) is 5.65 Å². The van der Waals surface area contributed by atoms with Gasteiger partial charge in [-0.15, -0.1) is 0 Å². The normalized spacial score (nSPS) is 10.9. The molecule has 2 aromatic heterocycles. The van der Waals surface area contributed by atoms with Crippen LogP contribution in [0.25, 0.3) is 5.65 Å². The maximum absolute atomic E-state index is 12.9. The molecule has 0 N–H and O–H groups in total. The van der Waals surface area contributed by atoms with Gasteiger partial charge in [0, 0.05) is 24.6 Å². The van der Waals surface area contributed by atoms with E-state index in [2.05, 4.69) is 11.9 Å². The molecule has 0 aliphatic carbocycles. The van der Waals surface area contributed by atoms with Gasteiger partial charge in [0.2, 0.25) is 5.91 Å². The summed E-state index contributed by atoms with van der Waals surface area (Å²) in [6.45, 7) is 4.91. The topological polar surface area (TPSA) is 37.6 Å². The van der Waals surface area contributed by atoms with Crippen LogP contribution in [0.4, 0.5) is 5.69 Å². The van der Waals surface area contributed by atoms with Gasteiger partial charge >= 0.3 is 0 Å². The summed E-state index contributed by atoms with van der Waals surface area (Å²) in [6.07, 6.45) is 6.29. The standard InChI is InChI=1S/C20H23N3O/c1-3-4-13-23(18-10-6-5-7-11-18)19(24)14-17-15-22-12-8-9-16(2)20(22)21-17/h5-12,15H,3-4,13-14H2,1-2H3. The first-order chi connectivity index (χ1) is 11.7. The van der Waals surface area contributed by atoms with Crippen LogP contribution >= 0.6 is 0 Å². The SMILES string of the molecule is CCCCN(C(=O)Cc1cn2cccc(C)c2n1)c1ccccc1. The first-order valence-electron chi connectivity index (χ1n) is 8.47. The molecule has 1 amide bonds. The fourth-order valence-corrected chi connectivity index (χ4v) is 2.86. The van der Waals surface area contributed by atoms with Crippen LogP contribution in [0.2, 0.25) is 0 Å². The van der Waals surface area contributed by atoms with Crippen molar-refractivity contribution in [3.63, 3.8) is 0 Å². The van der Waals surface area contributed by atoms with Gasteiger partial charge in [-0.2, -0.15) is 0 Å². The lowest BCUT2D eigenvalue weighted by molar-refractivity contribution is -0.118. The van der Waals surface area contributed by atoms with Crippen molar-refractivity contribution in [3.8, 4) is 0 Å². The predicted octanol–water partition coefficient (Wildman–Crippen LogP) is 4.02. The highest BCUT2D eigenvalue weighted by atomic mass is 16.2. The average Bonchev–Trinajstić information content (AvgIpc) is 3.00. The Kier molecular flexibility index (Phi) is 4.94. The minimum Gasteiger partial charge on any atom is -0.312 e. The molecule has 0 atom stereocenters. The van der Waals surface area contributed by atoms with Crippen LogP contribution in [0.1, 0.15) is 31.0 Å². The fraction of sp³-hybridized carbons (Fsp3) is 0.300. The second kappa shape index (κ2) is 7.30. The molecule has 0 saturated carbocycles. The number of nitrogens with zero attached hydrogens (tertiary/aromatic N) is 3. The smallest absolute Gasteiger partial charge is 0.233 e. The monoisotopic (exact) mass is 321 g/mol. The summed E-state index contributed by atoms with van der Waals surface area (Å²) in [5.74, 6) is 0.0932. The second-order valence-electron chi connectivity index (χ2n) is 6.07. The van der Waals surface area contributed by atoms with E-state index in [4.69, 9.17) is 0 Å². The Balaban J connectivity index is 1.82. The van der Waals surface area contributed by atoms with Gasteiger partial charge in [-0.1, -0.05) is 37.6 Å². The van der Waals surface area contributed by atoms with E-state index in [1.54, 1.807) is 0 Å². The number of unbranched alkanes of at least 4 members (excludes halogenated alkanes) is 1. The summed E-state index contributed by atoms with van der Waals surface area (Å²) in [5, 5.41) is 0. The molecule has 0 aliphatic rings. The number of carbonyl (C=O) groups is 1. The van der Waals surface area contributed by atoms with E-state index >= 15 is 0 Å². The number of benzene rings is 1. The Morgan fingerprint density at radius 3 is 2.67 bits per heavy atom. The minimum absolute atomic E-state index is 0.0932. The highest BCUT2D eigenvalue weighted by Crippen LogP contribution is 2.17. The third-order valence-electron chi connectivity index (χ3n) is 4.16. The van der Waals surface area contributed by atoms with E-state index in [1.165, 1.54) is 0 Å². The van der Waals surface area contributed by atoms with Crippen molar-refractivity contribution in [1.29, 1.82) is 0 Å². The van der Waals surface area contributed by atoms with Crippen molar-refractivity contribution in [2.45, 2.75) is 33.1 Å². The molecule has 0 fully saturated rings. The van der Waals surface area contributed by atoms with Crippen molar-refractivity contribution in [1.82, 2.24) is 9.38 Å². The first-order valence-corrected chi connectivity index (χ1v) is 8.47. The lowest BCUT2D eigenvalue weighted by Gasteiger charge is -2.22. The zero-order valence-electron chi connectivity index (χ0n) is 14.3. The number of para-hydroxylation sites is 1. The molecule has 4 nitrogen and oxygen atoms in total. The zero-order valence-corrected chi connectivity index (χ0v) is 14.3. The number of amides is 1. The van der Waals surface area contributed by atoms with Crippen molar-refractivity contribution < 1.29 is 4.79 Å². The molecule has 0 spiro atoms.